The summed E-state index contributed by atoms with van der Waals surface area (Å²) in [4.78, 5) is 4.12. The highest BCUT2D eigenvalue weighted by Gasteiger charge is 2.21. The third-order valence-corrected chi connectivity index (χ3v) is 1.67. The summed E-state index contributed by atoms with van der Waals surface area (Å²) in [5, 5.41) is 0. The lowest BCUT2D eigenvalue weighted by atomic mass is 10.3. The summed E-state index contributed by atoms with van der Waals surface area (Å²) in [6.45, 7) is 0. The van der Waals surface area contributed by atoms with Crippen LogP contribution in [0.3, 0.4) is 0 Å². The lowest BCUT2D eigenvalue weighted by Crippen LogP contribution is -1.90. The van der Waals surface area contributed by atoms with Crippen molar-refractivity contribution in [1.29, 1.82) is 0 Å². The first-order valence-electron chi connectivity index (χ1n) is 2.76. The number of hydrogen-bond donors (Lipinski definition) is 0. The van der Waals surface area contributed by atoms with Crippen LogP contribution < -0.4 is 0 Å². The molecule has 0 aromatic rings. The van der Waals surface area contributed by atoms with E-state index in [2.05, 4.69) is 10.9 Å². The molecule has 1 fully saturated rings. The van der Waals surface area contributed by atoms with E-state index in [1.54, 1.807) is 0 Å². The number of fused-ring (bicyclic) bond motifs is 2. The van der Waals surface area contributed by atoms with Gasteiger partial charge in [0, 0.05) is 6.42 Å². The molecule has 0 aromatic carbocycles. The van der Waals surface area contributed by atoms with Crippen molar-refractivity contribution in [3.05, 3.63) is 5.57 Å². The average molecular weight is 93.1 g/mol. The van der Waals surface area contributed by atoms with E-state index in [4.69, 9.17) is 0 Å². The van der Waals surface area contributed by atoms with Crippen LogP contribution in [-0.4, -0.2) is 11.9 Å². The predicted molar refractivity (Wildman–Crippen MR) is 28.6 cm³/mol. The Kier molecular flexibility index (Phi) is 0.487. The normalized spacial score (nSPS) is 34.3. The third-order valence-electron chi connectivity index (χ3n) is 1.67. The number of hydrogen-bond acceptors (Lipinski definition) is 1. The maximum absolute atomic E-state index is 4.12. The Morgan fingerprint density at radius 3 is 2.86 bits per heavy atom. The third kappa shape index (κ3) is 0.359. The minimum Gasteiger partial charge on any atom is -0.239 e. The Morgan fingerprint density at radius 1 is 1.71 bits per heavy atom. The maximum atomic E-state index is 4.12. The van der Waals surface area contributed by atoms with Crippen LogP contribution in [0.15, 0.2) is 10.6 Å². The molecular weight excluding hydrogens is 86.1 g/mol. The molecule has 1 heterocycles. The smallest absolute Gasteiger partial charge is 0.0640 e. The molecule has 36 valence electrons. The summed E-state index contributed by atoms with van der Waals surface area (Å²) in [5.41, 5.74) is 1.45. The molecule has 1 atom stereocenters. The van der Waals surface area contributed by atoms with E-state index in [9.17, 15) is 0 Å². The minimum absolute atomic E-state index is 0.648. The van der Waals surface area contributed by atoms with Crippen LogP contribution in [0.2, 0.25) is 0 Å². The molecule has 1 saturated carbocycles. The predicted octanol–water partition coefficient (Wildman–Crippen LogP) is 1.15. The van der Waals surface area contributed by atoms with Gasteiger partial charge in [0.05, 0.1) is 6.04 Å². The van der Waals surface area contributed by atoms with Gasteiger partial charge in [0.25, 0.3) is 0 Å². The van der Waals surface area contributed by atoms with E-state index in [0.717, 1.165) is 0 Å². The molecule has 0 N–H and O–H groups in total. The first-order valence-corrected chi connectivity index (χ1v) is 2.76. The number of rotatable bonds is 0. The molecule has 2 bridgehead atoms. The van der Waals surface area contributed by atoms with Gasteiger partial charge in [-0.05, 0) is 24.3 Å². The van der Waals surface area contributed by atoms with Gasteiger partial charge in [0.15, 0.2) is 0 Å². The summed E-state index contributed by atoms with van der Waals surface area (Å²) < 4.78 is 0. The van der Waals surface area contributed by atoms with Crippen LogP contribution in [0, 0.1) is 0 Å². The van der Waals surface area contributed by atoms with Gasteiger partial charge in [-0.1, -0.05) is 0 Å². The molecule has 1 heteroatoms. The second-order valence-corrected chi connectivity index (χ2v) is 2.24. The molecular formula is C6H7N. The number of nitrogens with zero attached hydrogens (tertiary/aromatic N) is 1. The van der Waals surface area contributed by atoms with E-state index in [1.807, 2.05) is 0 Å². The van der Waals surface area contributed by atoms with Crippen LogP contribution in [0.25, 0.3) is 0 Å². The summed E-state index contributed by atoms with van der Waals surface area (Å²) in [6.07, 6.45) is 3.79. The Bertz CT molecular complexity index is 148. The summed E-state index contributed by atoms with van der Waals surface area (Å²) in [6, 6.07) is 0.648. The van der Waals surface area contributed by atoms with Crippen molar-refractivity contribution in [3.63, 3.8) is 0 Å². The Labute approximate surface area is 42.8 Å². The Morgan fingerprint density at radius 2 is 2.71 bits per heavy atom. The quantitative estimate of drug-likeness (QED) is 0.426. The van der Waals surface area contributed by atoms with Crippen LogP contribution >= 0.6 is 0 Å². The maximum Gasteiger partial charge on any atom is 0.0640 e. The molecule has 7 heavy (non-hydrogen) atoms. The fourth-order valence-corrected chi connectivity index (χ4v) is 1.22. The molecule has 2 aliphatic rings. The molecule has 1 aliphatic heterocycles. The van der Waals surface area contributed by atoms with Gasteiger partial charge in [0.1, 0.15) is 0 Å². The van der Waals surface area contributed by atoms with Crippen molar-refractivity contribution in [2.24, 2.45) is 4.99 Å². The minimum atomic E-state index is 0.648. The molecule has 1 unspecified atom stereocenters. The van der Waals surface area contributed by atoms with Crippen LogP contribution in [-0.2, 0) is 0 Å². The average Bonchev–Trinajstić information content (AvgIpc) is 2.22. The van der Waals surface area contributed by atoms with Crippen LogP contribution in [0.1, 0.15) is 19.3 Å². The van der Waals surface area contributed by atoms with Gasteiger partial charge in [-0.15, -0.1) is 0 Å². The van der Waals surface area contributed by atoms with Crippen molar-refractivity contribution in [2.75, 3.05) is 0 Å². The fourth-order valence-electron chi connectivity index (χ4n) is 1.22. The first kappa shape index (κ1) is 3.45. The lowest BCUT2D eigenvalue weighted by molar-refractivity contribution is 0.722. The Hall–Kier alpha value is -0.550. The van der Waals surface area contributed by atoms with Crippen LogP contribution in [0.4, 0.5) is 0 Å². The fraction of sp³-hybridized carbons (Fsp3) is 0.667. The van der Waals surface area contributed by atoms with Gasteiger partial charge < -0.3 is 0 Å². The summed E-state index contributed by atoms with van der Waals surface area (Å²) >= 11 is 0. The topological polar surface area (TPSA) is 12.4 Å². The van der Waals surface area contributed by atoms with Crippen molar-refractivity contribution in [3.8, 4) is 0 Å². The first-order chi connectivity index (χ1) is 3.45. The molecule has 1 aliphatic carbocycles. The zero-order valence-corrected chi connectivity index (χ0v) is 4.15. The zero-order chi connectivity index (χ0) is 4.69. The lowest BCUT2D eigenvalue weighted by Gasteiger charge is -1.91. The van der Waals surface area contributed by atoms with Crippen molar-refractivity contribution < 1.29 is 0 Å². The van der Waals surface area contributed by atoms with Crippen LogP contribution in [0.5, 0.6) is 0 Å². The highest BCUT2D eigenvalue weighted by atomic mass is 14.8. The highest BCUT2D eigenvalue weighted by Crippen LogP contribution is 2.28. The monoisotopic (exact) mass is 93.1 g/mol. The van der Waals surface area contributed by atoms with Gasteiger partial charge in [-0.3, -0.25) is 0 Å². The van der Waals surface area contributed by atoms with Gasteiger partial charge in [-0.25, -0.2) is 4.99 Å². The van der Waals surface area contributed by atoms with E-state index in [1.165, 1.54) is 24.8 Å². The molecule has 0 saturated heterocycles. The zero-order valence-electron chi connectivity index (χ0n) is 4.15. The summed E-state index contributed by atoms with van der Waals surface area (Å²) in [5.74, 6) is 3.00. The van der Waals surface area contributed by atoms with Gasteiger partial charge >= 0.3 is 0 Å². The van der Waals surface area contributed by atoms with E-state index < -0.39 is 0 Å². The van der Waals surface area contributed by atoms with Crippen molar-refractivity contribution in [1.82, 2.24) is 0 Å². The Balaban J connectivity index is 2.46. The second kappa shape index (κ2) is 0.988. The molecule has 0 spiro atoms. The molecule has 1 nitrogen and oxygen atoms in total. The van der Waals surface area contributed by atoms with E-state index in [0.29, 0.717) is 6.04 Å². The molecule has 0 aromatic heterocycles. The number of aliphatic imine (C=N–C) groups is 1. The summed E-state index contributed by atoms with van der Waals surface area (Å²) in [7, 11) is 0. The molecule has 2 rings (SSSR count). The van der Waals surface area contributed by atoms with Gasteiger partial charge in [0.2, 0.25) is 0 Å². The molecule has 0 radical (unpaired) electrons. The highest BCUT2D eigenvalue weighted by molar-refractivity contribution is 5.62. The SMILES string of the molecule is C1=NC2CCC=1C2. The largest absolute Gasteiger partial charge is 0.239 e. The van der Waals surface area contributed by atoms with E-state index in [-0.39, 0.29) is 0 Å². The van der Waals surface area contributed by atoms with Crippen molar-refractivity contribution in [2.45, 2.75) is 25.3 Å². The van der Waals surface area contributed by atoms with Gasteiger partial charge in [-0.2, -0.15) is 0 Å². The molecule has 0 amide bonds. The second-order valence-electron chi connectivity index (χ2n) is 2.24. The standard InChI is InChI=1S/C6H7N/c1-2-6-3-5(1)4-7-6/h6H,1-3H2. The van der Waals surface area contributed by atoms with E-state index >= 15 is 0 Å². The van der Waals surface area contributed by atoms with Crippen molar-refractivity contribution >= 4 is 5.87 Å².